The van der Waals surface area contributed by atoms with Crippen LogP contribution in [0.2, 0.25) is 0 Å². The molecule has 0 spiro atoms. The van der Waals surface area contributed by atoms with Crippen LogP contribution in [0.5, 0.6) is 28.7 Å². The van der Waals surface area contributed by atoms with Gasteiger partial charge in [-0.15, -0.1) is 24.8 Å². The molecule has 0 saturated carbocycles. The molecular weight excluding hydrogens is 1080 g/mol. The molecule has 4 rings (SSSR count). The Morgan fingerprint density at radius 3 is 1.53 bits per heavy atom. The van der Waals surface area contributed by atoms with Crippen molar-refractivity contribution in [2.75, 3.05) is 58.9 Å². The number of phenols is 1. The van der Waals surface area contributed by atoms with Gasteiger partial charge < -0.3 is 49.4 Å². The normalized spacial score (nSPS) is 11.9. The second kappa shape index (κ2) is 29.8. The van der Waals surface area contributed by atoms with Crippen LogP contribution >= 0.6 is 24.4 Å². The maximum absolute atomic E-state index is 13.1. The van der Waals surface area contributed by atoms with Crippen molar-refractivity contribution in [1.29, 1.82) is 0 Å². The first-order valence-corrected chi connectivity index (χ1v) is 23.9. The Morgan fingerprint density at radius 2 is 1.09 bits per heavy atom. The van der Waals surface area contributed by atoms with E-state index in [0.29, 0.717) is 0 Å². The van der Waals surface area contributed by atoms with E-state index >= 15 is 0 Å². The zero-order chi connectivity index (χ0) is 47.6. The second-order valence-electron chi connectivity index (χ2n) is 11.6. The third-order valence-electron chi connectivity index (χ3n) is 7.97. The molecule has 0 radical (unpaired) electrons. The number of hydrogen-bond acceptors (Lipinski definition) is 30. The minimum absolute atomic E-state index is 0. The molecular formula is C30H29N5Na4O23S6. The standard InChI is InChI=1S/C30H33N5O23S6.4Na/c1-49-18-13-23(61(39,40)7-5-53-60-58-56-38)20(51-3)11-16(18)32-34-28-22(59-57-55-37)9-15-10-25(63(43,44)45)29(27(31)26(15)30(28)36)35-33-17-12-21(52-4)24(14-19(17)50-2)62(41,42)8-6-54-64(46,47)48;;;;/h9-14,36-38H,5-8,31H2,1-4H3,(H,43,44,45)(H,46,47,48);;;;/q;4*+1/p-4. The van der Waals surface area contributed by atoms with E-state index in [1.807, 2.05) is 0 Å². The SMILES string of the molecule is COc1cc(S(=O)(=O)CCOS(=O)(=O)[O-])c(OC)cc1N=Nc1c(S(=O)(=O)[O-])cc2cc(SOO[O-])c(N=Nc3cc(OC)c(S(=O)(=O)CCOSOO[O-])cc3OC)c(O)c2c1N.[Na+].[Na+].[Na+].[Na+]. The van der Waals surface area contributed by atoms with Gasteiger partial charge in [-0.3, -0.25) is 18.4 Å². The Bertz CT molecular complexity index is 2900. The zero-order valence-electron chi connectivity index (χ0n) is 36.5. The Labute approximate surface area is 484 Å². The van der Waals surface area contributed by atoms with Crippen LogP contribution in [0.1, 0.15) is 0 Å². The number of nitrogen functional groups attached to an aromatic ring is 1. The third-order valence-corrected chi connectivity index (χ3v) is 13.6. The van der Waals surface area contributed by atoms with E-state index in [0.717, 1.165) is 64.8 Å². The van der Waals surface area contributed by atoms with E-state index in [-0.39, 0.29) is 182 Å². The number of azo groups is 2. The topological polar surface area (TPSA) is 417 Å². The predicted molar refractivity (Wildman–Crippen MR) is 209 cm³/mol. The number of benzene rings is 4. The van der Waals surface area contributed by atoms with E-state index in [1.165, 1.54) is 0 Å². The molecule has 3 N–H and O–H groups in total. The van der Waals surface area contributed by atoms with E-state index in [1.54, 1.807) is 0 Å². The van der Waals surface area contributed by atoms with Crippen molar-refractivity contribution < 1.29 is 223 Å². The second-order valence-corrected chi connectivity index (χ2v) is 19.4. The summed E-state index contributed by atoms with van der Waals surface area (Å²) in [5.41, 5.74) is 3.63. The zero-order valence-corrected chi connectivity index (χ0v) is 49.4. The van der Waals surface area contributed by atoms with Crippen molar-refractivity contribution in [2.45, 2.75) is 19.6 Å². The number of nitrogens with two attached hydrogens (primary N) is 1. The fourth-order valence-electron chi connectivity index (χ4n) is 5.25. The maximum atomic E-state index is 13.1. The summed E-state index contributed by atoms with van der Waals surface area (Å²) in [4.78, 5) is -2.40. The van der Waals surface area contributed by atoms with Crippen LogP contribution < -0.4 is 153 Å². The molecule has 0 unspecified atom stereocenters. The Hall–Kier alpha value is -0.760. The molecule has 4 aromatic rings. The third kappa shape index (κ3) is 17.7. The Balaban J connectivity index is 0.0000112. The fourth-order valence-corrected chi connectivity index (χ4v) is 9.63. The van der Waals surface area contributed by atoms with Gasteiger partial charge in [0.15, 0.2) is 37.7 Å². The largest absolute Gasteiger partial charge is 1.00 e. The average Bonchev–Trinajstić information content (AvgIpc) is 3.23. The molecule has 68 heavy (non-hydrogen) atoms. The number of methoxy groups -OCH3 is 4. The predicted octanol–water partition coefficient (Wildman–Crippen LogP) is -10.0. The van der Waals surface area contributed by atoms with Gasteiger partial charge in [-0.1, -0.05) is 0 Å². The van der Waals surface area contributed by atoms with Gasteiger partial charge in [0, 0.05) is 24.3 Å². The van der Waals surface area contributed by atoms with Gasteiger partial charge in [-0.25, -0.2) is 33.7 Å². The Morgan fingerprint density at radius 1 is 0.618 bits per heavy atom. The summed E-state index contributed by atoms with van der Waals surface area (Å²) in [5, 5.41) is 53.9. The summed E-state index contributed by atoms with van der Waals surface area (Å²) in [6.45, 7) is -1.53. The number of anilines is 1. The number of nitrogens with zero attached hydrogens (tertiary/aromatic N) is 4. The molecule has 0 heterocycles. The molecule has 0 saturated heterocycles. The maximum Gasteiger partial charge on any atom is 1.00 e. The van der Waals surface area contributed by atoms with Crippen molar-refractivity contribution in [2.24, 2.45) is 20.5 Å². The summed E-state index contributed by atoms with van der Waals surface area (Å²) >= 11 is 0.223. The summed E-state index contributed by atoms with van der Waals surface area (Å²) in [5.74, 6) is -3.85. The number of ether oxygens (including phenoxy) is 4. The summed E-state index contributed by atoms with van der Waals surface area (Å²) in [6.07, 6.45) is 0. The van der Waals surface area contributed by atoms with Crippen molar-refractivity contribution in [1.82, 2.24) is 0 Å². The number of sulfone groups is 2. The summed E-state index contributed by atoms with van der Waals surface area (Å²) in [7, 11) is -15.0. The molecule has 0 atom stereocenters. The molecule has 0 amide bonds. The van der Waals surface area contributed by atoms with Gasteiger partial charge in [-0.2, -0.15) is 4.33 Å². The van der Waals surface area contributed by atoms with E-state index < -0.39 is 114 Å². The first kappa shape index (κ1) is 67.2. The molecule has 0 aliphatic heterocycles. The molecule has 4 aromatic carbocycles. The van der Waals surface area contributed by atoms with Crippen LogP contribution in [0.4, 0.5) is 28.4 Å². The molecule has 0 aromatic heterocycles. The first-order valence-electron chi connectivity index (χ1n) is 16.4. The molecule has 38 heteroatoms. The minimum atomic E-state index is -5.49. The van der Waals surface area contributed by atoms with Crippen molar-refractivity contribution in [3.8, 4) is 28.7 Å². The number of rotatable bonds is 24. The molecule has 352 valence electrons. The van der Waals surface area contributed by atoms with Crippen LogP contribution in [-0.2, 0) is 67.3 Å². The van der Waals surface area contributed by atoms with Crippen LogP contribution in [0.15, 0.2) is 76.4 Å². The van der Waals surface area contributed by atoms with Crippen molar-refractivity contribution in [3.05, 3.63) is 36.4 Å². The molecule has 28 nitrogen and oxygen atoms in total. The monoisotopic (exact) mass is 1110 g/mol. The molecule has 0 fully saturated rings. The van der Waals surface area contributed by atoms with Crippen LogP contribution in [0, 0.1) is 0 Å². The molecule has 0 bridgehead atoms. The van der Waals surface area contributed by atoms with E-state index in [4.69, 9.17) is 28.9 Å². The van der Waals surface area contributed by atoms with Gasteiger partial charge in [-0.05, 0) is 17.5 Å². The summed E-state index contributed by atoms with van der Waals surface area (Å²) < 4.78 is 160. The van der Waals surface area contributed by atoms with Gasteiger partial charge in [0.1, 0.15) is 65.7 Å². The van der Waals surface area contributed by atoms with Crippen molar-refractivity contribution >= 4 is 104 Å². The summed E-state index contributed by atoms with van der Waals surface area (Å²) in [6, 6.07) is 5.70. The number of hydrogen-bond donors (Lipinski definition) is 2. The average molecular weight is 1110 g/mol. The van der Waals surface area contributed by atoms with Crippen LogP contribution in [0.25, 0.3) is 10.8 Å². The number of fused-ring (bicyclic) bond motifs is 1. The van der Waals surface area contributed by atoms with E-state index in [2.05, 4.69) is 43.4 Å². The van der Waals surface area contributed by atoms with Gasteiger partial charge in [0.05, 0.1) is 86.1 Å². The fraction of sp³-hybridized carbons (Fsp3) is 0.267. The van der Waals surface area contributed by atoms with Gasteiger partial charge >= 0.3 is 118 Å². The van der Waals surface area contributed by atoms with Crippen LogP contribution in [0.3, 0.4) is 0 Å². The van der Waals surface area contributed by atoms with Gasteiger partial charge in [0.2, 0.25) is 10.4 Å². The smallest absolute Gasteiger partial charge is 0.744 e. The Kier molecular flexibility index (Phi) is 29.5. The van der Waals surface area contributed by atoms with Crippen LogP contribution in [-0.4, -0.2) is 101 Å². The molecule has 0 aliphatic carbocycles. The van der Waals surface area contributed by atoms with Crippen molar-refractivity contribution in [3.63, 3.8) is 0 Å². The minimum Gasteiger partial charge on any atom is -0.744 e. The number of phenolic OH excluding ortho intramolecular Hbond substituents is 1. The number of aromatic hydroxyl groups is 1. The first-order chi connectivity index (χ1) is 30.1. The quantitative estimate of drug-likeness (QED) is 0.00757. The van der Waals surface area contributed by atoms with E-state index in [9.17, 15) is 58.4 Å². The van der Waals surface area contributed by atoms with Gasteiger partial charge in [0.25, 0.3) is 0 Å². The molecule has 0 aliphatic rings.